The van der Waals surface area contributed by atoms with E-state index in [1.165, 1.54) is 23.5 Å². The minimum atomic E-state index is -3.21. The summed E-state index contributed by atoms with van der Waals surface area (Å²) in [6.45, 7) is 0.581. The van der Waals surface area contributed by atoms with E-state index in [2.05, 4.69) is 10.0 Å². The van der Waals surface area contributed by atoms with E-state index in [-0.39, 0.29) is 18.0 Å². The van der Waals surface area contributed by atoms with Crippen molar-refractivity contribution in [2.75, 3.05) is 12.8 Å². The molecule has 0 atom stereocenters. The monoisotopic (exact) mass is 382 g/mol. The number of amides is 1. The van der Waals surface area contributed by atoms with E-state index in [9.17, 15) is 18.0 Å². The summed E-state index contributed by atoms with van der Waals surface area (Å²) in [7, 11) is -3.21. The third-order valence-electron chi connectivity index (χ3n) is 3.28. The summed E-state index contributed by atoms with van der Waals surface area (Å²) < 4.78 is 24.4. The molecule has 0 fully saturated rings. The Morgan fingerprint density at radius 2 is 1.80 bits per heavy atom. The first kappa shape index (κ1) is 19.1. The number of aromatic carboxylic acids is 1. The predicted octanol–water partition coefficient (Wildman–Crippen LogP) is 1.47. The molecule has 0 spiro atoms. The van der Waals surface area contributed by atoms with E-state index >= 15 is 0 Å². The van der Waals surface area contributed by atoms with Crippen molar-refractivity contribution in [2.24, 2.45) is 0 Å². The molecular formula is C16H18N2O5S2. The normalized spacial score (nSPS) is 11.2. The number of hydrogen-bond acceptors (Lipinski definition) is 5. The summed E-state index contributed by atoms with van der Waals surface area (Å²) in [6, 6.07) is 9.78. The number of thiophene rings is 1. The van der Waals surface area contributed by atoms with Gasteiger partial charge < -0.3 is 10.4 Å². The van der Waals surface area contributed by atoms with Crippen LogP contribution in [0.25, 0.3) is 0 Å². The maximum atomic E-state index is 12.1. The molecule has 2 aromatic rings. The van der Waals surface area contributed by atoms with Gasteiger partial charge in [-0.15, -0.1) is 11.3 Å². The topological polar surface area (TPSA) is 113 Å². The molecule has 9 heteroatoms. The van der Waals surface area contributed by atoms with Crippen molar-refractivity contribution in [3.05, 3.63) is 57.3 Å². The van der Waals surface area contributed by atoms with Crippen LogP contribution in [-0.4, -0.2) is 38.2 Å². The number of carboxylic acid groups (broad SMARTS) is 1. The number of nitrogens with one attached hydrogen (secondary N) is 2. The maximum Gasteiger partial charge on any atom is 0.335 e. The molecule has 1 amide bonds. The van der Waals surface area contributed by atoms with Crippen LogP contribution < -0.4 is 10.0 Å². The van der Waals surface area contributed by atoms with Gasteiger partial charge in [-0.05, 0) is 36.2 Å². The molecule has 7 nitrogen and oxygen atoms in total. The Bertz CT molecular complexity index is 857. The highest BCUT2D eigenvalue weighted by atomic mass is 32.2. The van der Waals surface area contributed by atoms with Crippen molar-refractivity contribution >= 4 is 33.2 Å². The third kappa shape index (κ3) is 6.29. The van der Waals surface area contributed by atoms with Crippen LogP contribution in [0.1, 0.15) is 30.5 Å². The summed E-state index contributed by atoms with van der Waals surface area (Å²) in [5.74, 6) is -1.22. The molecule has 25 heavy (non-hydrogen) atoms. The minimum Gasteiger partial charge on any atom is -0.478 e. The number of carbonyl (C=O) groups is 2. The van der Waals surface area contributed by atoms with Gasteiger partial charge in [-0.2, -0.15) is 0 Å². The number of carbonyl (C=O) groups excluding carboxylic acids is 1. The largest absolute Gasteiger partial charge is 0.478 e. The lowest BCUT2D eigenvalue weighted by Crippen LogP contribution is -2.24. The van der Waals surface area contributed by atoms with Crippen molar-refractivity contribution in [2.45, 2.75) is 13.0 Å². The predicted molar refractivity (Wildman–Crippen MR) is 95.4 cm³/mol. The van der Waals surface area contributed by atoms with Crippen molar-refractivity contribution in [3.8, 4) is 0 Å². The Labute approximate surface area is 149 Å². The van der Waals surface area contributed by atoms with Gasteiger partial charge in [0.25, 0.3) is 5.91 Å². The molecule has 3 N–H and O–H groups in total. The van der Waals surface area contributed by atoms with Gasteiger partial charge in [0, 0.05) is 18.0 Å². The van der Waals surface area contributed by atoms with Gasteiger partial charge >= 0.3 is 5.97 Å². The fourth-order valence-electron chi connectivity index (χ4n) is 2.03. The van der Waals surface area contributed by atoms with Gasteiger partial charge in [-0.25, -0.2) is 17.9 Å². The van der Waals surface area contributed by atoms with Gasteiger partial charge in [0.15, 0.2) is 0 Å². The maximum absolute atomic E-state index is 12.1. The third-order valence-corrected chi connectivity index (χ3v) is 5.15. The van der Waals surface area contributed by atoms with Crippen LogP contribution in [-0.2, 0) is 23.0 Å². The molecular weight excluding hydrogens is 364 g/mol. The summed E-state index contributed by atoms with van der Waals surface area (Å²) in [4.78, 5) is 24.4. The van der Waals surface area contributed by atoms with Gasteiger partial charge in [0.05, 0.1) is 16.7 Å². The van der Waals surface area contributed by atoms with Crippen LogP contribution in [0.5, 0.6) is 0 Å². The summed E-state index contributed by atoms with van der Waals surface area (Å²) >= 11 is 1.31. The summed E-state index contributed by atoms with van der Waals surface area (Å²) in [6.07, 6.45) is 1.62. The Morgan fingerprint density at radius 3 is 2.40 bits per heavy atom. The summed E-state index contributed by atoms with van der Waals surface area (Å²) in [5, 5.41) is 11.6. The molecule has 0 unspecified atom stereocenters. The van der Waals surface area contributed by atoms with E-state index in [0.29, 0.717) is 17.8 Å². The van der Waals surface area contributed by atoms with Crippen LogP contribution in [0.4, 0.5) is 0 Å². The SMILES string of the molecule is CS(=O)(=O)NCCc1ccc(C(=O)NCc2ccc(C(=O)O)cc2)s1. The van der Waals surface area contributed by atoms with Gasteiger partial charge in [-0.1, -0.05) is 12.1 Å². The lowest BCUT2D eigenvalue weighted by atomic mass is 10.1. The van der Waals surface area contributed by atoms with Crippen LogP contribution in [0, 0.1) is 0 Å². The van der Waals surface area contributed by atoms with E-state index in [0.717, 1.165) is 16.7 Å². The number of hydrogen-bond donors (Lipinski definition) is 3. The fraction of sp³-hybridized carbons (Fsp3) is 0.250. The number of sulfonamides is 1. The second kappa shape index (κ2) is 8.24. The van der Waals surface area contributed by atoms with Crippen LogP contribution in [0.3, 0.4) is 0 Å². The Balaban J connectivity index is 1.85. The molecule has 134 valence electrons. The Kier molecular flexibility index (Phi) is 6.29. The molecule has 1 heterocycles. The molecule has 1 aromatic heterocycles. The molecule has 0 saturated heterocycles. The average molecular weight is 382 g/mol. The first-order chi connectivity index (χ1) is 11.7. The zero-order chi connectivity index (χ0) is 18.4. The quantitative estimate of drug-likeness (QED) is 0.640. The molecule has 0 aliphatic carbocycles. The van der Waals surface area contributed by atoms with Gasteiger partial charge in [0.1, 0.15) is 0 Å². The number of carboxylic acids is 1. The molecule has 2 rings (SSSR count). The molecule has 0 bridgehead atoms. The van der Waals surface area contributed by atoms with E-state index < -0.39 is 16.0 Å². The zero-order valence-electron chi connectivity index (χ0n) is 13.5. The van der Waals surface area contributed by atoms with Crippen molar-refractivity contribution < 1.29 is 23.1 Å². The zero-order valence-corrected chi connectivity index (χ0v) is 15.1. The number of benzene rings is 1. The Hall–Kier alpha value is -2.23. The highest BCUT2D eigenvalue weighted by Crippen LogP contribution is 2.17. The molecule has 0 saturated carbocycles. The van der Waals surface area contributed by atoms with Crippen molar-refractivity contribution in [3.63, 3.8) is 0 Å². The van der Waals surface area contributed by atoms with Crippen molar-refractivity contribution in [1.82, 2.24) is 10.0 Å². The smallest absolute Gasteiger partial charge is 0.335 e. The fourth-order valence-corrected chi connectivity index (χ4v) is 3.43. The molecule has 1 aromatic carbocycles. The summed E-state index contributed by atoms with van der Waals surface area (Å²) in [5.41, 5.74) is 0.994. The lowest BCUT2D eigenvalue weighted by molar-refractivity contribution is 0.0696. The van der Waals surface area contributed by atoms with Crippen LogP contribution >= 0.6 is 11.3 Å². The molecule has 0 radical (unpaired) electrons. The van der Waals surface area contributed by atoms with E-state index in [1.54, 1.807) is 24.3 Å². The van der Waals surface area contributed by atoms with Crippen LogP contribution in [0.15, 0.2) is 36.4 Å². The van der Waals surface area contributed by atoms with Gasteiger partial charge in [-0.3, -0.25) is 4.79 Å². The van der Waals surface area contributed by atoms with E-state index in [4.69, 9.17) is 5.11 Å². The van der Waals surface area contributed by atoms with E-state index in [1.807, 2.05) is 0 Å². The first-order valence-electron chi connectivity index (χ1n) is 7.38. The second-order valence-corrected chi connectivity index (χ2v) is 8.37. The minimum absolute atomic E-state index is 0.195. The second-order valence-electron chi connectivity index (χ2n) is 5.37. The molecule has 0 aliphatic rings. The first-order valence-corrected chi connectivity index (χ1v) is 10.1. The standard InChI is InChI=1S/C16H18N2O5S2/c1-25(22,23)18-9-8-13-6-7-14(24-13)15(19)17-10-11-2-4-12(5-3-11)16(20)21/h2-7,18H,8-10H2,1H3,(H,17,19)(H,20,21). The average Bonchev–Trinajstić information content (AvgIpc) is 3.00. The lowest BCUT2D eigenvalue weighted by Gasteiger charge is -2.04. The van der Waals surface area contributed by atoms with Crippen LogP contribution in [0.2, 0.25) is 0 Å². The number of rotatable bonds is 8. The highest BCUT2D eigenvalue weighted by molar-refractivity contribution is 7.88. The van der Waals surface area contributed by atoms with Crippen molar-refractivity contribution in [1.29, 1.82) is 0 Å². The molecule has 0 aliphatic heterocycles. The Morgan fingerprint density at radius 1 is 1.12 bits per heavy atom. The van der Waals surface area contributed by atoms with Gasteiger partial charge in [0.2, 0.25) is 10.0 Å². The highest BCUT2D eigenvalue weighted by Gasteiger charge is 2.10.